The van der Waals surface area contributed by atoms with Gasteiger partial charge in [0.15, 0.2) is 0 Å². The zero-order valence-corrected chi connectivity index (χ0v) is 20.5. The third-order valence-corrected chi connectivity index (χ3v) is 7.54. The zero-order chi connectivity index (χ0) is 21.1. The van der Waals surface area contributed by atoms with Crippen LogP contribution in [0.1, 0.15) is 36.9 Å². The van der Waals surface area contributed by atoms with Crippen LogP contribution in [0.25, 0.3) is 35.4 Å². The number of hydrogen-bond acceptors (Lipinski definition) is 2. The third-order valence-electron chi connectivity index (χ3n) is 4.98. The molecule has 2 aromatic carbocycles. The van der Waals surface area contributed by atoms with Crippen LogP contribution in [-0.2, 0) is 0 Å². The highest BCUT2D eigenvalue weighted by Crippen LogP contribution is 2.32. The fourth-order valence-corrected chi connectivity index (χ4v) is 5.50. The van der Waals surface area contributed by atoms with E-state index in [1.54, 1.807) is 11.3 Å². The monoisotopic (exact) mass is 490 g/mol. The molecule has 4 rings (SSSR count). The Morgan fingerprint density at radius 2 is 1.43 bits per heavy atom. The third kappa shape index (κ3) is 5.10. The minimum absolute atomic E-state index is 1.16. The van der Waals surface area contributed by atoms with Crippen LogP contribution < -0.4 is 0 Å². The molecule has 150 valence electrons. The van der Waals surface area contributed by atoms with E-state index in [2.05, 4.69) is 122 Å². The van der Waals surface area contributed by atoms with E-state index in [4.69, 9.17) is 0 Å². The molecule has 30 heavy (non-hydrogen) atoms. The number of benzene rings is 2. The topological polar surface area (TPSA) is 0 Å². The maximum absolute atomic E-state index is 3.54. The van der Waals surface area contributed by atoms with Crippen molar-refractivity contribution in [1.82, 2.24) is 0 Å². The summed E-state index contributed by atoms with van der Waals surface area (Å²) in [6, 6.07) is 22.0. The van der Waals surface area contributed by atoms with Crippen molar-refractivity contribution in [2.24, 2.45) is 0 Å². The molecule has 0 spiro atoms. The highest BCUT2D eigenvalue weighted by molar-refractivity contribution is 9.11. The van der Waals surface area contributed by atoms with E-state index in [0.717, 1.165) is 3.79 Å². The van der Waals surface area contributed by atoms with Gasteiger partial charge in [-0.2, -0.15) is 0 Å². The Bertz CT molecular complexity index is 1240. The molecule has 4 aromatic rings. The Balaban J connectivity index is 1.76. The van der Waals surface area contributed by atoms with Gasteiger partial charge in [0.1, 0.15) is 0 Å². The first-order valence-electron chi connectivity index (χ1n) is 9.87. The smallest absolute Gasteiger partial charge is 0.0704 e. The molecule has 0 fully saturated rings. The quantitative estimate of drug-likeness (QED) is 0.261. The fraction of sp³-hybridized carbons (Fsp3) is 0.111. The maximum Gasteiger partial charge on any atom is 0.0704 e. The molecule has 0 unspecified atom stereocenters. The van der Waals surface area contributed by atoms with Gasteiger partial charge in [-0.15, -0.1) is 22.7 Å². The fourth-order valence-electron chi connectivity index (χ4n) is 3.39. The van der Waals surface area contributed by atoms with Gasteiger partial charge in [-0.05, 0) is 107 Å². The number of halogens is 1. The molecule has 2 heterocycles. The minimum atomic E-state index is 1.16. The summed E-state index contributed by atoms with van der Waals surface area (Å²) in [7, 11) is 0. The Kier molecular flexibility index (Phi) is 6.52. The van der Waals surface area contributed by atoms with Gasteiger partial charge >= 0.3 is 0 Å². The molecule has 0 atom stereocenters. The molecule has 0 bridgehead atoms. The van der Waals surface area contributed by atoms with Crippen molar-refractivity contribution in [2.45, 2.75) is 20.8 Å². The summed E-state index contributed by atoms with van der Waals surface area (Å²) >= 11 is 7.11. The number of rotatable bonds is 5. The predicted molar refractivity (Wildman–Crippen MR) is 140 cm³/mol. The average Bonchev–Trinajstić information content (AvgIpc) is 3.34. The molecule has 0 aliphatic heterocycles. The molecule has 2 aromatic heterocycles. The second-order valence-electron chi connectivity index (χ2n) is 7.42. The molecule has 0 amide bonds. The Hall–Kier alpha value is -2.20. The molecule has 0 radical (unpaired) electrons. The van der Waals surface area contributed by atoms with Gasteiger partial charge in [-0.25, -0.2) is 0 Å². The van der Waals surface area contributed by atoms with Gasteiger partial charge in [-0.1, -0.05) is 48.0 Å². The van der Waals surface area contributed by atoms with E-state index in [1.807, 2.05) is 11.3 Å². The van der Waals surface area contributed by atoms with E-state index >= 15 is 0 Å². The Morgan fingerprint density at radius 1 is 0.667 bits per heavy atom. The number of hydrogen-bond donors (Lipinski definition) is 0. The van der Waals surface area contributed by atoms with E-state index < -0.39 is 0 Å². The number of aryl methyl sites for hydroxylation is 3. The van der Waals surface area contributed by atoms with Crippen molar-refractivity contribution < 1.29 is 0 Å². The van der Waals surface area contributed by atoms with Gasteiger partial charge in [0.05, 0.1) is 3.79 Å². The van der Waals surface area contributed by atoms with Gasteiger partial charge in [0.25, 0.3) is 0 Å². The van der Waals surface area contributed by atoms with Crippen LogP contribution in [0.5, 0.6) is 0 Å². The van der Waals surface area contributed by atoms with Crippen LogP contribution in [0.2, 0.25) is 0 Å². The molecule has 0 saturated carbocycles. The van der Waals surface area contributed by atoms with Gasteiger partial charge in [0, 0.05) is 14.6 Å². The SMILES string of the molecule is Cc1ccc(C)c(-c2cc(/C=C/c3ccc(Br)s3)ccc2/C=C/c2ccc(C)s2)c1. The summed E-state index contributed by atoms with van der Waals surface area (Å²) in [6.45, 7) is 6.50. The highest BCUT2D eigenvalue weighted by Gasteiger charge is 2.08. The standard InChI is InChI=1S/C27H23BrS2/c1-18-4-5-19(2)25(16-18)26-17-21(8-12-24-14-15-27(28)30-24)7-9-22(26)10-13-23-11-6-20(3)29-23/h4-17H,1-3H3/b12-8+,13-10+. The van der Waals surface area contributed by atoms with Crippen molar-refractivity contribution in [1.29, 1.82) is 0 Å². The molecule has 0 aliphatic rings. The molecule has 0 saturated heterocycles. The first-order chi connectivity index (χ1) is 14.5. The zero-order valence-electron chi connectivity index (χ0n) is 17.3. The van der Waals surface area contributed by atoms with Gasteiger partial charge < -0.3 is 0 Å². The lowest BCUT2D eigenvalue weighted by Gasteiger charge is -2.12. The molecule has 0 aliphatic carbocycles. The summed E-state index contributed by atoms with van der Waals surface area (Å²) in [5, 5.41) is 0. The second-order valence-corrected chi connectivity index (χ2v) is 11.2. The van der Waals surface area contributed by atoms with Crippen LogP contribution in [0, 0.1) is 20.8 Å². The van der Waals surface area contributed by atoms with Crippen molar-refractivity contribution in [3.63, 3.8) is 0 Å². The summed E-state index contributed by atoms with van der Waals surface area (Å²) in [5.74, 6) is 0. The summed E-state index contributed by atoms with van der Waals surface area (Å²) in [4.78, 5) is 3.86. The largest absolute Gasteiger partial charge is 0.141 e. The summed E-state index contributed by atoms with van der Waals surface area (Å²) in [6.07, 6.45) is 8.84. The van der Waals surface area contributed by atoms with Crippen molar-refractivity contribution in [3.05, 3.63) is 101 Å². The Labute approximate surface area is 195 Å². The molecular formula is C27H23BrS2. The van der Waals surface area contributed by atoms with Crippen LogP contribution in [0.4, 0.5) is 0 Å². The molecule has 3 heteroatoms. The predicted octanol–water partition coefficient (Wildman–Crippen LogP) is 9.51. The van der Waals surface area contributed by atoms with Crippen molar-refractivity contribution >= 4 is 62.9 Å². The van der Waals surface area contributed by atoms with E-state index in [1.165, 1.54) is 48.0 Å². The van der Waals surface area contributed by atoms with Crippen LogP contribution in [-0.4, -0.2) is 0 Å². The highest BCUT2D eigenvalue weighted by atomic mass is 79.9. The Morgan fingerprint density at radius 3 is 2.17 bits per heavy atom. The van der Waals surface area contributed by atoms with Gasteiger partial charge in [-0.3, -0.25) is 0 Å². The van der Waals surface area contributed by atoms with Gasteiger partial charge in [0.2, 0.25) is 0 Å². The van der Waals surface area contributed by atoms with Crippen molar-refractivity contribution in [3.8, 4) is 11.1 Å². The van der Waals surface area contributed by atoms with Crippen molar-refractivity contribution in [2.75, 3.05) is 0 Å². The molecular weight excluding hydrogens is 468 g/mol. The van der Waals surface area contributed by atoms with Crippen LogP contribution >= 0.6 is 38.6 Å². The normalized spacial score (nSPS) is 11.7. The summed E-state index contributed by atoms with van der Waals surface area (Å²) < 4.78 is 1.16. The molecule has 0 nitrogen and oxygen atoms in total. The first-order valence-corrected chi connectivity index (χ1v) is 12.3. The summed E-state index contributed by atoms with van der Waals surface area (Å²) in [5.41, 5.74) is 7.60. The lowest BCUT2D eigenvalue weighted by molar-refractivity contribution is 1.39. The lowest BCUT2D eigenvalue weighted by Crippen LogP contribution is -1.89. The molecule has 0 N–H and O–H groups in total. The minimum Gasteiger partial charge on any atom is -0.141 e. The van der Waals surface area contributed by atoms with Crippen LogP contribution in [0.3, 0.4) is 0 Å². The lowest BCUT2D eigenvalue weighted by atomic mass is 9.92. The second kappa shape index (κ2) is 9.30. The average molecular weight is 492 g/mol. The first kappa shape index (κ1) is 21.0. The number of thiophene rings is 2. The van der Waals surface area contributed by atoms with E-state index in [-0.39, 0.29) is 0 Å². The van der Waals surface area contributed by atoms with E-state index in [0.29, 0.717) is 0 Å². The maximum atomic E-state index is 3.54. The van der Waals surface area contributed by atoms with E-state index in [9.17, 15) is 0 Å². The van der Waals surface area contributed by atoms with Crippen LogP contribution in [0.15, 0.2) is 64.5 Å².